The summed E-state index contributed by atoms with van der Waals surface area (Å²) in [5.41, 5.74) is 6.81. The van der Waals surface area contributed by atoms with E-state index in [4.69, 9.17) is 0 Å². The lowest BCUT2D eigenvalue weighted by molar-refractivity contribution is 0.0565. The Morgan fingerprint density at radius 1 is 1.26 bits per heavy atom. The van der Waals surface area contributed by atoms with Crippen LogP contribution in [0.3, 0.4) is 0 Å². The van der Waals surface area contributed by atoms with Gasteiger partial charge in [-0.2, -0.15) is 23.5 Å². The van der Waals surface area contributed by atoms with E-state index in [-0.39, 0.29) is 12.0 Å². The number of hydrogen-bond acceptors (Lipinski definition) is 6. The fourth-order valence-electron chi connectivity index (χ4n) is 3.77. The molecule has 8 nitrogen and oxygen atoms in total. The van der Waals surface area contributed by atoms with Gasteiger partial charge in [0.1, 0.15) is 5.69 Å². The molecule has 1 fully saturated rings. The van der Waals surface area contributed by atoms with E-state index in [1.165, 1.54) is 6.20 Å². The highest BCUT2D eigenvalue weighted by Gasteiger charge is 2.46. The second-order valence-electron chi connectivity index (χ2n) is 7.04. The molecule has 0 amide bonds. The van der Waals surface area contributed by atoms with Crippen LogP contribution in [0, 0.1) is 12.8 Å². The lowest BCUT2D eigenvalue weighted by Gasteiger charge is -2.18. The summed E-state index contributed by atoms with van der Waals surface area (Å²) in [5, 5.41) is 18.4. The average Bonchev–Trinajstić information content (AvgIpc) is 2.98. The fraction of sp³-hybridized carbons (Fsp3) is 0.412. The van der Waals surface area contributed by atoms with Gasteiger partial charge in [0.15, 0.2) is 11.5 Å². The highest BCUT2D eigenvalue weighted by molar-refractivity contribution is 5.64. The Morgan fingerprint density at radius 2 is 2.11 bits per heavy atom. The molecule has 4 heterocycles. The van der Waals surface area contributed by atoms with Gasteiger partial charge in [0.25, 0.3) is 0 Å². The smallest absolute Gasteiger partial charge is 0.309 e. The maximum atomic E-state index is 12.7. The molecule has 27 heavy (non-hydrogen) atoms. The highest BCUT2D eigenvalue weighted by Crippen LogP contribution is 2.51. The van der Waals surface area contributed by atoms with Crippen LogP contribution in [0.2, 0.25) is 0 Å². The summed E-state index contributed by atoms with van der Waals surface area (Å²) < 4.78 is 27.9. The summed E-state index contributed by atoms with van der Waals surface area (Å²) in [7, 11) is 1.95. The van der Waals surface area contributed by atoms with Crippen LogP contribution in [0.4, 0.5) is 8.78 Å². The third-order valence-corrected chi connectivity index (χ3v) is 5.27. The van der Waals surface area contributed by atoms with Crippen LogP contribution in [-0.2, 0) is 0 Å². The molecule has 0 radical (unpaired) electrons. The maximum Gasteiger partial charge on any atom is 0.333 e. The monoisotopic (exact) mass is 372 g/mol. The van der Waals surface area contributed by atoms with Crippen molar-refractivity contribution in [1.82, 2.24) is 40.0 Å². The standard InChI is InChI=1S/C17H18F2N8/c1-9-21-22-16-4-3-13(24-27(9)16)15-6-14(23-25(15)2)12-5-11(12)10-7-20-26(8-10)17(18)19/h3-4,6-8,11-12,14,17,23H,5H2,1-2H3. The predicted octanol–water partition coefficient (Wildman–Crippen LogP) is 1.99. The van der Waals surface area contributed by atoms with E-state index in [0.717, 1.165) is 29.2 Å². The zero-order valence-corrected chi connectivity index (χ0v) is 14.8. The molecular formula is C17H18F2N8. The molecule has 1 saturated carbocycles. The van der Waals surface area contributed by atoms with Crippen molar-refractivity contribution < 1.29 is 8.78 Å². The quantitative estimate of drug-likeness (QED) is 0.755. The lowest BCUT2D eigenvalue weighted by Crippen LogP contribution is -2.35. The molecule has 3 aromatic rings. The molecular weight excluding hydrogens is 354 g/mol. The van der Waals surface area contributed by atoms with Crippen LogP contribution < -0.4 is 5.43 Å². The molecule has 0 spiro atoms. The number of hydrogen-bond donors (Lipinski definition) is 1. The van der Waals surface area contributed by atoms with Crippen molar-refractivity contribution in [1.29, 1.82) is 0 Å². The molecule has 5 rings (SSSR count). The van der Waals surface area contributed by atoms with Crippen LogP contribution in [-0.4, -0.2) is 47.7 Å². The second-order valence-corrected chi connectivity index (χ2v) is 7.04. The highest BCUT2D eigenvalue weighted by atomic mass is 19.3. The number of fused-ring (bicyclic) bond motifs is 1. The number of alkyl halides is 2. The fourth-order valence-corrected chi connectivity index (χ4v) is 3.77. The Balaban J connectivity index is 1.37. The van der Waals surface area contributed by atoms with Crippen molar-refractivity contribution >= 4 is 11.3 Å². The molecule has 10 heteroatoms. The lowest BCUT2D eigenvalue weighted by atomic mass is 10.1. The Kier molecular flexibility index (Phi) is 3.51. The molecule has 0 bridgehead atoms. The van der Waals surface area contributed by atoms with Gasteiger partial charge in [-0.1, -0.05) is 0 Å². The first-order chi connectivity index (χ1) is 13.0. The molecule has 1 N–H and O–H groups in total. The van der Waals surface area contributed by atoms with E-state index < -0.39 is 6.55 Å². The normalized spacial score (nSPS) is 24.9. The van der Waals surface area contributed by atoms with E-state index in [9.17, 15) is 8.78 Å². The van der Waals surface area contributed by atoms with Gasteiger partial charge in [0.05, 0.1) is 17.9 Å². The van der Waals surface area contributed by atoms with Gasteiger partial charge < -0.3 is 5.01 Å². The van der Waals surface area contributed by atoms with Gasteiger partial charge in [-0.05, 0) is 49.0 Å². The summed E-state index contributed by atoms with van der Waals surface area (Å²) in [6, 6.07) is 3.94. The van der Waals surface area contributed by atoms with Crippen LogP contribution >= 0.6 is 0 Å². The number of rotatable bonds is 4. The number of halogens is 2. The zero-order chi connectivity index (χ0) is 18.7. The van der Waals surface area contributed by atoms with Crippen molar-refractivity contribution in [2.45, 2.75) is 31.9 Å². The summed E-state index contributed by atoms with van der Waals surface area (Å²) in [6.07, 6.45) is 6.09. The van der Waals surface area contributed by atoms with Crippen molar-refractivity contribution in [2.24, 2.45) is 5.92 Å². The third kappa shape index (κ3) is 2.67. The number of aromatic nitrogens is 6. The molecule has 1 aliphatic carbocycles. The Morgan fingerprint density at radius 3 is 2.89 bits per heavy atom. The van der Waals surface area contributed by atoms with Crippen LogP contribution in [0.25, 0.3) is 11.3 Å². The van der Waals surface area contributed by atoms with E-state index in [1.807, 2.05) is 31.1 Å². The van der Waals surface area contributed by atoms with Gasteiger partial charge in [0, 0.05) is 13.2 Å². The van der Waals surface area contributed by atoms with Crippen LogP contribution in [0.1, 0.15) is 36.0 Å². The Bertz CT molecular complexity index is 1040. The average molecular weight is 372 g/mol. The summed E-state index contributed by atoms with van der Waals surface area (Å²) in [5.74, 6) is 1.33. The first-order valence-electron chi connectivity index (χ1n) is 8.74. The Hall–Kier alpha value is -2.88. The minimum absolute atomic E-state index is 0.129. The van der Waals surface area contributed by atoms with Gasteiger partial charge in [-0.15, -0.1) is 10.2 Å². The molecule has 0 saturated heterocycles. The summed E-state index contributed by atoms with van der Waals surface area (Å²) in [4.78, 5) is 0. The van der Waals surface area contributed by atoms with E-state index in [1.54, 1.807) is 10.7 Å². The first-order valence-corrected chi connectivity index (χ1v) is 8.74. The molecule has 0 aromatic carbocycles. The maximum absolute atomic E-state index is 12.7. The summed E-state index contributed by atoms with van der Waals surface area (Å²) in [6.45, 7) is -0.737. The Labute approximate surface area is 153 Å². The van der Waals surface area contributed by atoms with Gasteiger partial charge in [-0.25, -0.2) is 10.1 Å². The molecule has 2 aliphatic rings. The molecule has 140 valence electrons. The molecule has 3 aromatic heterocycles. The number of hydrazine groups is 1. The van der Waals surface area contributed by atoms with Gasteiger partial charge >= 0.3 is 6.55 Å². The molecule has 3 unspecified atom stereocenters. The number of nitrogens with one attached hydrogen (secondary N) is 1. The second kappa shape index (κ2) is 5.81. The van der Waals surface area contributed by atoms with Crippen LogP contribution in [0.5, 0.6) is 0 Å². The van der Waals surface area contributed by atoms with Crippen molar-refractivity contribution in [3.63, 3.8) is 0 Å². The van der Waals surface area contributed by atoms with Crippen LogP contribution in [0.15, 0.2) is 30.6 Å². The number of nitrogens with zero attached hydrogens (tertiary/aromatic N) is 7. The topological polar surface area (TPSA) is 76.2 Å². The van der Waals surface area contributed by atoms with Gasteiger partial charge in [-0.3, -0.25) is 0 Å². The first kappa shape index (κ1) is 16.3. The minimum Gasteiger partial charge on any atom is -0.309 e. The van der Waals surface area contributed by atoms with E-state index >= 15 is 0 Å². The van der Waals surface area contributed by atoms with E-state index in [2.05, 4.69) is 31.9 Å². The minimum atomic E-state index is -2.60. The SMILES string of the molecule is Cc1nnc2ccc(C3=CC(C4CC4c4cnn(C(F)F)c4)NN3C)nn12. The third-order valence-electron chi connectivity index (χ3n) is 5.27. The van der Waals surface area contributed by atoms with Crippen molar-refractivity contribution in [2.75, 3.05) is 7.05 Å². The zero-order valence-electron chi connectivity index (χ0n) is 14.8. The van der Waals surface area contributed by atoms with E-state index in [0.29, 0.717) is 16.2 Å². The summed E-state index contributed by atoms with van der Waals surface area (Å²) >= 11 is 0. The molecule has 1 aliphatic heterocycles. The van der Waals surface area contributed by atoms with Gasteiger partial charge in [0.2, 0.25) is 0 Å². The number of aryl methyl sites for hydroxylation is 1. The van der Waals surface area contributed by atoms with Crippen molar-refractivity contribution in [3.8, 4) is 0 Å². The largest absolute Gasteiger partial charge is 0.333 e. The predicted molar refractivity (Wildman–Crippen MR) is 92.5 cm³/mol. The van der Waals surface area contributed by atoms with Crippen molar-refractivity contribution in [3.05, 3.63) is 47.7 Å². The molecule has 3 atom stereocenters.